The molecule has 21 heavy (non-hydrogen) atoms. The Bertz CT molecular complexity index is 656. The van der Waals surface area contributed by atoms with Gasteiger partial charge in [0.1, 0.15) is 25.8 Å². The van der Waals surface area contributed by atoms with Gasteiger partial charge < -0.3 is 10.4 Å². The van der Waals surface area contributed by atoms with Gasteiger partial charge in [-0.25, -0.2) is 9.67 Å². The Morgan fingerprint density at radius 2 is 2.38 bits per heavy atom. The molecular formula is C15H16N4O2. The van der Waals surface area contributed by atoms with Gasteiger partial charge in [-0.15, -0.1) is 0 Å². The molecule has 2 aromatic rings. The van der Waals surface area contributed by atoms with Crippen LogP contribution in [0.5, 0.6) is 0 Å². The molecule has 0 bridgehead atoms. The molecule has 0 saturated heterocycles. The van der Waals surface area contributed by atoms with Gasteiger partial charge in [-0.3, -0.25) is 4.79 Å². The van der Waals surface area contributed by atoms with Crippen molar-refractivity contribution in [2.45, 2.75) is 19.5 Å². The van der Waals surface area contributed by atoms with Crippen LogP contribution >= 0.6 is 0 Å². The fraction of sp³-hybridized carbons (Fsp3) is 0.267. The second-order valence-electron chi connectivity index (χ2n) is 4.47. The van der Waals surface area contributed by atoms with Crippen LogP contribution in [0.1, 0.15) is 24.1 Å². The number of carbonyl (C=O) groups is 1. The Hall–Kier alpha value is -2.65. The van der Waals surface area contributed by atoms with Crippen LogP contribution < -0.4 is 5.32 Å². The van der Waals surface area contributed by atoms with Crippen LogP contribution in [-0.4, -0.2) is 32.4 Å². The summed E-state index contributed by atoms with van der Waals surface area (Å²) in [6.07, 6.45) is 2.88. The van der Waals surface area contributed by atoms with Crippen molar-refractivity contribution in [3.05, 3.63) is 48.0 Å². The van der Waals surface area contributed by atoms with Crippen LogP contribution in [0.25, 0.3) is 0 Å². The zero-order valence-electron chi connectivity index (χ0n) is 11.7. The number of benzene rings is 1. The van der Waals surface area contributed by atoms with E-state index in [0.717, 1.165) is 11.1 Å². The predicted octanol–water partition coefficient (Wildman–Crippen LogP) is 0.499. The second-order valence-corrected chi connectivity index (χ2v) is 4.47. The molecule has 1 unspecified atom stereocenters. The molecule has 2 rings (SSSR count). The van der Waals surface area contributed by atoms with E-state index in [0.29, 0.717) is 0 Å². The maximum Gasteiger partial charge on any atom is 0.242 e. The average molecular weight is 284 g/mol. The molecule has 1 aromatic heterocycles. The minimum Gasteiger partial charge on any atom is -0.384 e. The van der Waals surface area contributed by atoms with E-state index in [9.17, 15) is 4.79 Å². The monoisotopic (exact) mass is 284 g/mol. The molecule has 1 atom stereocenters. The van der Waals surface area contributed by atoms with E-state index >= 15 is 0 Å². The summed E-state index contributed by atoms with van der Waals surface area (Å²) >= 11 is 0. The van der Waals surface area contributed by atoms with Gasteiger partial charge in [0.2, 0.25) is 5.91 Å². The van der Waals surface area contributed by atoms with E-state index in [4.69, 9.17) is 5.11 Å². The zero-order valence-corrected chi connectivity index (χ0v) is 11.7. The van der Waals surface area contributed by atoms with Gasteiger partial charge in [0.15, 0.2) is 0 Å². The molecule has 0 aliphatic carbocycles. The van der Waals surface area contributed by atoms with Gasteiger partial charge in [-0.1, -0.05) is 24.0 Å². The first-order valence-corrected chi connectivity index (χ1v) is 6.50. The van der Waals surface area contributed by atoms with Crippen LogP contribution in [0.2, 0.25) is 0 Å². The highest BCUT2D eigenvalue weighted by atomic mass is 16.2. The first-order valence-electron chi connectivity index (χ1n) is 6.50. The molecule has 1 aromatic carbocycles. The quantitative estimate of drug-likeness (QED) is 0.801. The Morgan fingerprint density at radius 1 is 1.52 bits per heavy atom. The molecule has 0 saturated carbocycles. The minimum absolute atomic E-state index is 0.133. The Labute approximate surface area is 122 Å². The number of aliphatic hydroxyl groups excluding tert-OH is 1. The first-order chi connectivity index (χ1) is 10.2. The number of hydrogen-bond donors (Lipinski definition) is 2. The lowest BCUT2D eigenvalue weighted by Crippen LogP contribution is -2.30. The van der Waals surface area contributed by atoms with Crippen LogP contribution in [-0.2, 0) is 11.3 Å². The smallest absolute Gasteiger partial charge is 0.242 e. The standard InChI is InChI=1S/C15H16N4O2/c1-12(18-15(21)9-19-11-16-10-17-19)14-6-2-4-13(8-14)5-3-7-20/h2,4,6,8,10-12,20H,7,9H2,1H3,(H,18,21). The molecule has 0 radical (unpaired) electrons. The Balaban J connectivity index is 1.99. The molecule has 0 aliphatic heterocycles. The maximum absolute atomic E-state index is 11.9. The van der Waals surface area contributed by atoms with E-state index in [-0.39, 0.29) is 25.1 Å². The molecular weight excluding hydrogens is 268 g/mol. The highest BCUT2D eigenvalue weighted by molar-refractivity contribution is 5.76. The summed E-state index contributed by atoms with van der Waals surface area (Å²) in [5.74, 6) is 5.31. The van der Waals surface area contributed by atoms with Crippen molar-refractivity contribution in [1.29, 1.82) is 0 Å². The molecule has 0 aliphatic rings. The van der Waals surface area contributed by atoms with Crippen LogP contribution in [0, 0.1) is 11.8 Å². The fourth-order valence-electron chi connectivity index (χ4n) is 1.86. The third kappa shape index (κ3) is 4.44. The molecule has 2 N–H and O–H groups in total. The number of aromatic nitrogens is 3. The van der Waals surface area contributed by atoms with Crippen molar-refractivity contribution in [3.8, 4) is 11.8 Å². The van der Waals surface area contributed by atoms with Gasteiger partial charge in [0.25, 0.3) is 0 Å². The highest BCUT2D eigenvalue weighted by Crippen LogP contribution is 2.13. The Morgan fingerprint density at radius 3 is 3.10 bits per heavy atom. The van der Waals surface area contributed by atoms with Crippen molar-refractivity contribution < 1.29 is 9.90 Å². The topological polar surface area (TPSA) is 80.0 Å². The third-order valence-corrected chi connectivity index (χ3v) is 2.85. The minimum atomic E-state index is -0.172. The number of nitrogens with one attached hydrogen (secondary N) is 1. The molecule has 0 fully saturated rings. The van der Waals surface area contributed by atoms with Gasteiger partial charge in [0.05, 0.1) is 6.04 Å². The van der Waals surface area contributed by atoms with E-state index in [1.54, 1.807) is 0 Å². The first kappa shape index (κ1) is 14.8. The van der Waals surface area contributed by atoms with Gasteiger partial charge in [-0.2, -0.15) is 5.10 Å². The number of carbonyl (C=O) groups excluding carboxylic acids is 1. The largest absolute Gasteiger partial charge is 0.384 e. The SMILES string of the molecule is CC(NC(=O)Cn1cncn1)c1cccc(C#CCO)c1. The van der Waals surface area contributed by atoms with Crippen molar-refractivity contribution in [3.63, 3.8) is 0 Å². The summed E-state index contributed by atoms with van der Waals surface area (Å²) < 4.78 is 1.46. The summed E-state index contributed by atoms with van der Waals surface area (Å²) in [5.41, 5.74) is 1.76. The fourth-order valence-corrected chi connectivity index (χ4v) is 1.86. The number of amides is 1. The lowest BCUT2D eigenvalue weighted by atomic mass is 10.1. The normalized spacial score (nSPS) is 11.3. The summed E-state index contributed by atoms with van der Waals surface area (Å²) in [4.78, 5) is 15.7. The number of hydrogen-bond acceptors (Lipinski definition) is 4. The number of nitrogens with zero attached hydrogens (tertiary/aromatic N) is 3. The molecule has 108 valence electrons. The lowest BCUT2D eigenvalue weighted by molar-refractivity contribution is -0.122. The lowest BCUT2D eigenvalue weighted by Gasteiger charge is -2.14. The molecule has 1 amide bonds. The summed E-state index contributed by atoms with van der Waals surface area (Å²) in [6, 6.07) is 7.40. The van der Waals surface area contributed by atoms with Crippen molar-refractivity contribution in [2.75, 3.05) is 6.61 Å². The van der Waals surface area contributed by atoms with Gasteiger partial charge in [0, 0.05) is 5.56 Å². The van der Waals surface area contributed by atoms with Crippen LogP contribution in [0.4, 0.5) is 0 Å². The van der Waals surface area contributed by atoms with E-state index in [1.165, 1.54) is 17.3 Å². The van der Waals surface area contributed by atoms with Crippen molar-refractivity contribution in [2.24, 2.45) is 0 Å². The van der Waals surface area contributed by atoms with Crippen molar-refractivity contribution in [1.82, 2.24) is 20.1 Å². The Kier molecular flexibility index (Phi) is 5.07. The summed E-state index contributed by atoms with van der Waals surface area (Å²) in [5, 5.41) is 15.5. The molecule has 1 heterocycles. The van der Waals surface area contributed by atoms with E-state index < -0.39 is 0 Å². The van der Waals surface area contributed by atoms with Crippen LogP contribution in [0.3, 0.4) is 0 Å². The second kappa shape index (κ2) is 7.22. The third-order valence-electron chi connectivity index (χ3n) is 2.85. The summed E-state index contributed by atoms with van der Waals surface area (Å²) in [6.45, 7) is 1.86. The average Bonchev–Trinajstić information content (AvgIpc) is 2.98. The predicted molar refractivity (Wildman–Crippen MR) is 77.0 cm³/mol. The van der Waals surface area contributed by atoms with Gasteiger partial charge in [-0.05, 0) is 24.6 Å². The van der Waals surface area contributed by atoms with E-state index in [1.807, 2.05) is 31.2 Å². The number of aliphatic hydroxyl groups is 1. The highest BCUT2D eigenvalue weighted by Gasteiger charge is 2.10. The molecule has 6 nitrogen and oxygen atoms in total. The summed E-state index contributed by atoms with van der Waals surface area (Å²) in [7, 11) is 0. The number of rotatable bonds is 4. The molecule has 0 spiro atoms. The van der Waals surface area contributed by atoms with Gasteiger partial charge >= 0.3 is 0 Å². The maximum atomic E-state index is 11.9. The zero-order chi connectivity index (χ0) is 15.1. The van der Waals surface area contributed by atoms with E-state index in [2.05, 4.69) is 27.2 Å². The van der Waals surface area contributed by atoms with Crippen LogP contribution in [0.15, 0.2) is 36.9 Å². The molecule has 6 heteroatoms. The van der Waals surface area contributed by atoms with Crippen molar-refractivity contribution >= 4 is 5.91 Å².